The molecule has 0 saturated carbocycles. The van der Waals surface area contributed by atoms with Crippen molar-refractivity contribution in [3.8, 4) is 0 Å². The molecule has 0 aliphatic carbocycles. The lowest BCUT2D eigenvalue weighted by Gasteiger charge is -2.16. The summed E-state index contributed by atoms with van der Waals surface area (Å²) in [4.78, 5) is 0. The smallest absolute Gasteiger partial charge is 0.126 e. The van der Waals surface area contributed by atoms with Gasteiger partial charge in [-0.05, 0) is 5.75 Å². The van der Waals surface area contributed by atoms with Gasteiger partial charge in [0, 0.05) is 6.08 Å². The number of hydrazone groups is 1. The first kappa shape index (κ1) is 9.03. The monoisotopic (exact) mass is 211 g/mol. The molecule has 0 fully saturated rings. The Morgan fingerprint density at radius 1 is 1.82 bits per heavy atom. The maximum Gasteiger partial charge on any atom is 0.126 e. The molecular formula is C5H7Cl2N3S. The normalized spacial score (nSPS) is 17.2. The molecule has 62 valence electrons. The molecule has 0 atom stereocenters. The van der Waals surface area contributed by atoms with Gasteiger partial charge in [0.2, 0.25) is 0 Å². The minimum Gasteiger partial charge on any atom is -0.256 e. The highest BCUT2D eigenvalue weighted by Crippen LogP contribution is 2.14. The SMILES string of the molecule is CCSC1=NN(Cl)NC(Cl)=C1. The molecule has 0 saturated heterocycles. The summed E-state index contributed by atoms with van der Waals surface area (Å²) in [6.07, 6.45) is 1.73. The summed E-state index contributed by atoms with van der Waals surface area (Å²) in [5, 5.41) is 5.22. The quantitative estimate of drug-likeness (QED) is 0.532. The number of nitrogens with one attached hydrogen (secondary N) is 1. The Kier molecular flexibility index (Phi) is 3.36. The molecule has 0 spiro atoms. The van der Waals surface area contributed by atoms with Crippen molar-refractivity contribution in [3.63, 3.8) is 0 Å². The van der Waals surface area contributed by atoms with Crippen LogP contribution in [0.25, 0.3) is 0 Å². The van der Waals surface area contributed by atoms with Gasteiger partial charge in [0.25, 0.3) is 0 Å². The zero-order valence-electron chi connectivity index (χ0n) is 5.84. The lowest BCUT2D eigenvalue weighted by Crippen LogP contribution is -2.26. The molecule has 11 heavy (non-hydrogen) atoms. The highest BCUT2D eigenvalue weighted by atomic mass is 35.5. The fourth-order valence-corrected chi connectivity index (χ4v) is 1.73. The predicted molar refractivity (Wildman–Crippen MR) is 50.3 cm³/mol. The van der Waals surface area contributed by atoms with E-state index >= 15 is 0 Å². The third-order valence-corrected chi connectivity index (χ3v) is 2.07. The lowest BCUT2D eigenvalue weighted by atomic mass is 10.6. The summed E-state index contributed by atoms with van der Waals surface area (Å²) >= 11 is 12.8. The van der Waals surface area contributed by atoms with E-state index in [1.54, 1.807) is 17.8 Å². The van der Waals surface area contributed by atoms with Crippen LogP contribution in [0.3, 0.4) is 0 Å². The minimum atomic E-state index is 0.478. The molecule has 1 rings (SSSR count). The summed E-state index contributed by atoms with van der Waals surface area (Å²) in [6, 6.07) is 0. The van der Waals surface area contributed by atoms with Crippen LogP contribution in [0.5, 0.6) is 0 Å². The average molecular weight is 212 g/mol. The third kappa shape index (κ3) is 2.81. The summed E-state index contributed by atoms with van der Waals surface area (Å²) in [7, 11) is 0. The molecule has 0 radical (unpaired) electrons. The van der Waals surface area contributed by atoms with Crippen LogP contribution in [0.15, 0.2) is 16.3 Å². The molecule has 1 aliphatic heterocycles. The van der Waals surface area contributed by atoms with Crippen molar-refractivity contribution in [3.05, 3.63) is 11.2 Å². The van der Waals surface area contributed by atoms with Gasteiger partial charge < -0.3 is 0 Å². The van der Waals surface area contributed by atoms with Crippen molar-refractivity contribution < 1.29 is 0 Å². The molecule has 0 amide bonds. The van der Waals surface area contributed by atoms with Crippen LogP contribution in [0, 0.1) is 0 Å². The molecule has 0 aromatic heterocycles. The number of rotatable bonds is 1. The first-order valence-corrected chi connectivity index (χ1v) is 4.73. The van der Waals surface area contributed by atoms with Crippen LogP contribution in [0.2, 0.25) is 0 Å². The number of hydrogen-bond acceptors (Lipinski definition) is 4. The fraction of sp³-hybridized carbons (Fsp3) is 0.400. The molecule has 1 N–H and O–H groups in total. The number of hydrazine groups is 1. The number of hydrogen-bond donors (Lipinski definition) is 1. The standard InChI is InChI=1S/C5H7Cl2N3S/c1-2-11-5-3-4(6)8-10(7)9-5/h3,8H,2H2,1H3. The second kappa shape index (κ2) is 4.09. The Labute approximate surface area is 79.5 Å². The van der Waals surface area contributed by atoms with E-state index < -0.39 is 0 Å². The summed E-state index contributed by atoms with van der Waals surface area (Å²) in [6.45, 7) is 2.04. The van der Waals surface area contributed by atoms with Crippen LogP contribution in [0.1, 0.15) is 6.92 Å². The Balaban J connectivity index is 2.62. The zero-order valence-corrected chi connectivity index (χ0v) is 8.17. The molecule has 1 heterocycles. The molecule has 0 aromatic carbocycles. The second-order valence-corrected chi connectivity index (χ2v) is 3.75. The maximum atomic E-state index is 5.67. The molecule has 0 aromatic rings. The van der Waals surface area contributed by atoms with Crippen molar-refractivity contribution in [2.45, 2.75) is 6.92 Å². The van der Waals surface area contributed by atoms with Crippen LogP contribution in [0.4, 0.5) is 0 Å². The van der Waals surface area contributed by atoms with Crippen molar-refractivity contribution in [2.24, 2.45) is 5.10 Å². The van der Waals surface area contributed by atoms with E-state index in [-0.39, 0.29) is 0 Å². The third-order valence-electron chi connectivity index (χ3n) is 0.928. The van der Waals surface area contributed by atoms with Crippen LogP contribution < -0.4 is 5.43 Å². The minimum absolute atomic E-state index is 0.478. The molecule has 0 unspecified atom stereocenters. The van der Waals surface area contributed by atoms with Crippen LogP contribution >= 0.6 is 35.1 Å². The lowest BCUT2D eigenvalue weighted by molar-refractivity contribution is 0.407. The van der Waals surface area contributed by atoms with E-state index in [4.69, 9.17) is 23.4 Å². The second-order valence-electron chi connectivity index (χ2n) is 1.74. The fourth-order valence-electron chi connectivity index (χ4n) is 0.588. The molecule has 6 heteroatoms. The van der Waals surface area contributed by atoms with E-state index in [0.29, 0.717) is 5.16 Å². The Bertz CT molecular complexity index is 204. The van der Waals surface area contributed by atoms with Crippen molar-refractivity contribution in [2.75, 3.05) is 5.75 Å². The highest BCUT2D eigenvalue weighted by molar-refractivity contribution is 8.14. The van der Waals surface area contributed by atoms with E-state index in [1.165, 1.54) is 0 Å². The van der Waals surface area contributed by atoms with Crippen molar-refractivity contribution in [1.29, 1.82) is 0 Å². The molecule has 3 nitrogen and oxygen atoms in total. The van der Waals surface area contributed by atoms with Gasteiger partial charge in [0.1, 0.15) is 10.2 Å². The number of halogens is 2. The van der Waals surface area contributed by atoms with Gasteiger partial charge >= 0.3 is 0 Å². The maximum absolute atomic E-state index is 5.67. The Morgan fingerprint density at radius 2 is 2.55 bits per heavy atom. The molecule has 1 aliphatic rings. The van der Waals surface area contributed by atoms with Gasteiger partial charge in [-0.25, -0.2) is 0 Å². The van der Waals surface area contributed by atoms with Crippen molar-refractivity contribution >= 4 is 40.2 Å². The van der Waals surface area contributed by atoms with Crippen LogP contribution in [-0.2, 0) is 0 Å². The van der Waals surface area contributed by atoms with E-state index in [2.05, 4.69) is 10.5 Å². The van der Waals surface area contributed by atoms with Crippen molar-refractivity contribution in [1.82, 2.24) is 10.1 Å². The zero-order chi connectivity index (χ0) is 8.27. The van der Waals surface area contributed by atoms with Gasteiger partial charge in [-0.2, -0.15) is 0 Å². The first-order chi connectivity index (χ1) is 5.22. The van der Waals surface area contributed by atoms with Gasteiger partial charge in [0.05, 0.1) is 11.8 Å². The largest absolute Gasteiger partial charge is 0.256 e. The number of thioether (sulfide) groups is 1. The predicted octanol–water partition coefficient (Wildman–Crippen LogP) is 2.11. The van der Waals surface area contributed by atoms with Gasteiger partial charge in [0.15, 0.2) is 0 Å². The van der Waals surface area contributed by atoms with E-state index in [0.717, 1.165) is 15.4 Å². The summed E-state index contributed by atoms with van der Waals surface area (Å²) < 4.78 is 1.07. The highest BCUT2D eigenvalue weighted by Gasteiger charge is 2.08. The van der Waals surface area contributed by atoms with E-state index in [1.807, 2.05) is 6.92 Å². The van der Waals surface area contributed by atoms with E-state index in [9.17, 15) is 0 Å². The Morgan fingerprint density at radius 3 is 3.09 bits per heavy atom. The number of nitrogens with zero attached hydrogens (tertiary/aromatic N) is 2. The summed E-state index contributed by atoms with van der Waals surface area (Å²) in [5.74, 6) is 0.949. The Hall–Kier alpha value is -0.0600. The van der Waals surface area contributed by atoms with Gasteiger partial charge in [-0.15, -0.1) is 21.5 Å². The topological polar surface area (TPSA) is 27.6 Å². The first-order valence-electron chi connectivity index (χ1n) is 3.03. The van der Waals surface area contributed by atoms with Gasteiger partial charge in [-0.1, -0.05) is 18.5 Å². The average Bonchev–Trinajstić information content (AvgIpc) is 1.85. The molecular weight excluding hydrogens is 205 g/mol. The summed E-state index contributed by atoms with van der Waals surface area (Å²) in [5.41, 5.74) is 2.59. The van der Waals surface area contributed by atoms with Gasteiger partial charge in [-0.3, -0.25) is 5.43 Å². The molecule has 0 bridgehead atoms. The van der Waals surface area contributed by atoms with Crippen LogP contribution in [-0.4, -0.2) is 15.4 Å².